The normalized spacial score (nSPS) is 19.4. The van der Waals surface area contributed by atoms with Crippen LogP contribution >= 0.6 is 11.8 Å². The summed E-state index contributed by atoms with van der Waals surface area (Å²) < 4.78 is 4.75. The number of hydrogen-bond donors (Lipinski definition) is 4. The first kappa shape index (κ1) is 41.6. The Labute approximate surface area is 340 Å². The number of alkyl carbamates (subject to hydrolysis) is 1. The van der Waals surface area contributed by atoms with Gasteiger partial charge in [-0.25, -0.2) is 14.8 Å². The number of amides is 3. The number of carbonyl (C=O) groups excluding carboxylic acids is 3. The van der Waals surface area contributed by atoms with E-state index in [0.29, 0.717) is 18.7 Å². The summed E-state index contributed by atoms with van der Waals surface area (Å²) in [6.45, 7) is 14.1. The number of aliphatic hydroxyl groups is 1. The Morgan fingerprint density at radius 3 is 1.91 bits per heavy atom. The van der Waals surface area contributed by atoms with Crippen LogP contribution < -0.4 is 5.32 Å². The van der Waals surface area contributed by atoms with Gasteiger partial charge in [-0.3, -0.25) is 9.59 Å². The molecular weight excluding hydrogens is 739 g/mol. The number of hydrogen-bond acceptors (Lipinski definition) is 8. The number of aromatic amines is 2. The van der Waals surface area contributed by atoms with Crippen LogP contribution in [0, 0.1) is 29.6 Å². The van der Waals surface area contributed by atoms with Gasteiger partial charge in [0.05, 0.1) is 53.9 Å². The van der Waals surface area contributed by atoms with Gasteiger partial charge in [-0.2, -0.15) is 0 Å². The largest absolute Gasteiger partial charge is 0.453 e. The topological polar surface area (TPSA) is 157 Å². The molecule has 6 rings (SSSR count). The van der Waals surface area contributed by atoms with Gasteiger partial charge in [-0.15, -0.1) is 11.8 Å². The number of ether oxygens (including phenoxy) is 1. The van der Waals surface area contributed by atoms with Gasteiger partial charge in [0, 0.05) is 35.8 Å². The zero-order chi connectivity index (χ0) is 41.0. The number of H-pyrrole nitrogens is 2. The minimum absolute atomic E-state index is 0.0917. The van der Waals surface area contributed by atoms with Crippen molar-refractivity contribution in [3.63, 3.8) is 0 Å². The van der Waals surface area contributed by atoms with Crippen LogP contribution in [0.3, 0.4) is 0 Å². The molecule has 2 aromatic carbocycles. The summed E-state index contributed by atoms with van der Waals surface area (Å²) in [4.78, 5) is 59.2. The van der Waals surface area contributed by atoms with Gasteiger partial charge in [0.2, 0.25) is 11.8 Å². The van der Waals surface area contributed by atoms with Crippen LogP contribution in [-0.2, 0) is 14.3 Å². The Morgan fingerprint density at radius 1 is 0.877 bits per heavy atom. The summed E-state index contributed by atoms with van der Waals surface area (Å²) in [5.74, 6) is 8.61. The van der Waals surface area contributed by atoms with E-state index < -0.39 is 17.7 Å². The summed E-state index contributed by atoms with van der Waals surface area (Å²) in [7, 11) is 1.29. The Balaban J connectivity index is 1.10. The minimum Gasteiger partial charge on any atom is -0.453 e. The van der Waals surface area contributed by atoms with Crippen LogP contribution in [0.15, 0.2) is 60.9 Å². The standard InChI is InChI=1S/C44H55N7O5S/c1-26(2)28(5)41(52)51-36(25-57-37(51)22-44(6,7)55)40-46-24-34(48-40)32-19-15-30(16-20-32)12-11-29-13-17-31(18-14-29)33-23-45-39(47-33)35-10-9-21-50(35)42(53)38(27(3)4)49-43(54)56-8/h13-20,23-24,26-28,35-38,55H,9-10,21-22,25H2,1-8H3,(H,45,47)(H,46,48)(H,49,54)/t28-,35-,36-,37?,38-/m0/s1. The average Bonchev–Trinajstić information content (AvgIpc) is 4.02. The molecule has 0 bridgehead atoms. The van der Waals surface area contributed by atoms with E-state index in [4.69, 9.17) is 9.72 Å². The fourth-order valence-electron chi connectivity index (χ4n) is 7.28. The Morgan fingerprint density at radius 2 is 1.42 bits per heavy atom. The number of likely N-dealkylation sites (tertiary alicyclic amines) is 1. The van der Waals surface area contributed by atoms with E-state index >= 15 is 0 Å². The van der Waals surface area contributed by atoms with Gasteiger partial charge in [0.15, 0.2) is 0 Å². The number of nitrogens with zero attached hydrogens (tertiary/aromatic N) is 4. The molecule has 2 saturated heterocycles. The van der Waals surface area contributed by atoms with E-state index in [1.165, 1.54) is 7.11 Å². The molecule has 2 aliphatic heterocycles. The SMILES string of the molecule is COC(=O)N[C@H](C(=O)N1CCC[C@H]1c1ncc(-c2ccc(C#Cc3ccc(-c4cnc([C@@H]5CSC(CC(C)(C)O)N5C(=O)[C@@H](C)C(C)C)[nH]4)cc3)cc2)[nH]1)C(C)C. The van der Waals surface area contributed by atoms with Crippen LogP contribution in [0.2, 0.25) is 0 Å². The lowest BCUT2D eigenvalue weighted by atomic mass is 9.95. The highest BCUT2D eigenvalue weighted by molar-refractivity contribution is 8.00. The molecule has 2 fully saturated rings. The first-order chi connectivity index (χ1) is 27.1. The number of benzene rings is 2. The first-order valence-electron chi connectivity index (χ1n) is 19.8. The second kappa shape index (κ2) is 17.6. The molecule has 1 unspecified atom stereocenters. The molecule has 12 nitrogen and oxygen atoms in total. The molecule has 0 spiro atoms. The van der Waals surface area contributed by atoms with Gasteiger partial charge >= 0.3 is 6.09 Å². The van der Waals surface area contributed by atoms with Crippen molar-refractivity contribution in [3.05, 3.63) is 83.7 Å². The fraction of sp³-hybridized carbons (Fsp3) is 0.477. The third kappa shape index (κ3) is 9.74. The summed E-state index contributed by atoms with van der Waals surface area (Å²) in [6, 6.07) is 14.9. The van der Waals surface area contributed by atoms with Crippen LogP contribution in [0.5, 0.6) is 0 Å². The van der Waals surface area contributed by atoms with E-state index in [2.05, 4.69) is 46.0 Å². The Kier molecular flexibility index (Phi) is 12.8. The highest BCUT2D eigenvalue weighted by Gasteiger charge is 2.43. The average molecular weight is 794 g/mol. The highest BCUT2D eigenvalue weighted by Crippen LogP contribution is 2.43. The summed E-state index contributed by atoms with van der Waals surface area (Å²) >= 11 is 1.70. The van der Waals surface area contributed by atoms with Crippen molar-refractivity contribution in [1.29, 1.82) is 0 Å². The molecule has 3 amide bonds. The molecule has 2 aliphatic rings. The molecule has 4 aromatic rings. The lowest BCUT2D eigenvalue weighted by molar-refractivity contribution is -0.139. The summed E-state index contributed by atoms with van der Waals surface area (Å²) in [6.07, 6.45) is 5.10. The minimum atomic E-state index is -0.894. The smallest absolute Gasteiger partial charge is 0.407 e. The molecule has 0 radical (unpaired) electrons. The second-order valence-corrected chi connectivity index (χ2v) is 17.6. The quantitative estimate of drug-likeness (QED) is 0.115. The van der Waals surface area contributed by atoms with Gasteiger partial charge in [-0.05, 0) is 73.9 Å². The van der Waals surface area contributed by atoms with Crippen LogP contribution in [-0.4, -0.2) is 89.2 Å². The number of methoxy groups -OCH3 is 1. The van der Waals surface area contributed by atoms with E-state index in [0.717, 1.165) is 58.1 Å². The van der Waals surface area contributed by atoms with Crippen molar-refractivity contribution in [2.45, 2.75) is 96.8 Å². The second-order valence-electron chi connectivity index (χ2n) is 16.4. The van der Waals surface area contributed by atoms with Crippen molar-refractivity contribution in [2.24, 2.45) is 17.8 Å². The Bertz CT molecular complexity index is 2090. The monoisotopic (exact) mass is 793 g/mol. The number of imidazole rings is 2. The number of nitrogens with one attached hydrogen (secondary N) is 3. The van der Waals surface area contributed by atoms with Crippen LogP contribution in [0.4, 0.5) is 4.79 Å². The zero-order valence-corrected chi connectivity index (χ0v) is 34.9. The number of rotatable bonds is 11. The molecule has 4 N–H and O–H groups in total. The number of aromatic nitrogens is 4. The van der Waals surface area contributed by atoms with Crippen molar-refractivity contribution in [1.82, 2.24) is 35.1 Å². The molecule has 0 aliphatic carbocycles. The maximum Gasteiger partial charge on any atom is 0.407 e. The molecule has 0 saturated carbocycles. The highest BCUT2D eigenvalue weighted by atomic mass is 32.2. The summed E-state index contributed by atoms with van der Waals surface area (Å²) in [5.41, 5.74) is 4.49. The number of carbonyl (C=O) groups is 3. The number of thioether (sulfide) groups is 1. The maximum absolute atomic E-state index is 13.7. The molecule has 2 aromatic heterocycles. The third-order valence-corrected chi connectivity index (χ3v) is 12.2. The molecule has 5 atom stereocenters. The van der Waals surface area contributed by atoms with Crippen LogP contribution in [0.1, 0.15) is 103 Å². The molecule has 13 heteroatoms. The van der Waals surface area contributed by atoms with Crippen molar-refractivity contribution < 1.29 is 24.2 Å². The van der Waals surface area contributed by atoms with Crippen molar-refractivity contribution in [2.75, 3.05) is 19.4 Å². The summed E-state index contributed by atoms with van der Waals surface area (Å²) in [5, 5.41) is 13.2. The van der Waals surface area contributed by atoms with E-state index in [1.54, 1.807) is 36.7 Å². The molecule has 4 heterocycles. The van der Waals surface area contributed by atoms with Crippen LogP contribution in [0.25, 0.3) is 22.5 Å². The fourth-order valence-corrected chi connectivity index (χ4v) is 8.94. The van der Waals surface area contributed by atoms with Gasteiger partial charge in [0.1, 0.15) is 17.7 Å². The first-order valence-corrected chi connectivity index (χ1v) is 20.8. The van der Waals surface area contributed by atoms with E-state index in [1.807, 2.05) is 80.4 Å². The lowest BCUT2D eigenvalue weighted by Crippen LogP contribution is -2.51. The van der Waals surface area contributed by atoms with Gasteiger partial charge in [0.25, 0.3) is 0 Å². The van der Waals surface area contributed by atoms with Gasteiger partial charge in [-0.1, -0.05) is 70.7 Å². The van der Waals surface area contributed by atoms with Crippen molar-refractivity contribution in [3.8, 4) is 34.4 Å². The molecule has 57 heavy (non-hydrogen) atoms. The lowest BCUT2D eigenvalue weighted by Gasteiger charge is -2.34. The predicted octanol–water partition coefficient (Wildman–Crippen LogP) is 7.31. The molecule has 302 valence electrons. The Hall–Kier alpha value is -5.06. The van der Waals surface area contributed by atoms with Crippen molar-refractivity contribution >= 4 is 29.7 Å². The van der Waals surface area contributed by atoms with E-state index in [-0.39, 0.29) is 47.0 Å². The van der Waals surface area contributed by atoms with Gasteiger partial charge < -0.3 is 34.9 Å². The molecular formula is C44H55N7O5S. The maximum atomic E-state index is 13.7. The van der Waals surface area contributed by atoms with E-state index in [9.17, 15) is 19.5 Å². The third-order valence-electron chi connectivity index (χ3n) is 10.9. The predicted molar refractivity (Wildman–Crippen MR) is 223 cm³/mol. The zero-order valence-electron chi connectivity index (χ0n) is 34.1.